The van der Waals surface area contributed by atoms with Gasteiger partial charge in [0.2, 0.25) is 0 Å². The fraction of sp³-hybridized carbons (Fsp3) is 0.125. The number of fused-ring (bicyclic) bond motifs is 4. The summed E-state index contributed by atoms with van der Waals surface area (Å²) < 4.78 is 0. The number of halogens is 1. The third-order valence-electron chi connectivity index (χ3n) is 3.83. The molecule has 0 aromatic heterocycles. The van der Waals surface area contributed by atoms with Crippen molar-refractivity contribution < 1.29 is 0 Å². The third-order valence-corrected chi connectivity index (χ3v) is 4.27. The first-order chi connectivity index (χ1) is 8.84. The van der Waals surface area contributed by atoms with Gasteiger partial charge in [0.05, 0.1) is 6.04 Å². The minimum absolute atomic E-state index is 0.262. The molecule has 2 atom stereocenters. The molecule has 1 aliphatic carbocycles. The van der Waals surface area contributed by atoms with Crippen LogP contribution >= 0.6 is 11.6 Å². The van der Waals surface area contributed by atoms with E-state index in [-0.39, 0.29) is 12.0 Å². The van der Waals surface area contributed by atoms with Crippen LogP contribution in [0.2, 0.25) is 0 Å². The Bertz CT molecular complexity index is 748. The van der Waals surface area contributed by atoms with E-state index in [1.165, 1.54) is 21.7 Å². The van der Waals surface area contributed by atoms with E-state index < -0.39 is 0 Å². The highest BCUT2D eigenvalue weighted by Gasteiger charge is 2.34. The Labute approximate surface area is 110 Å². The molecule has 18 heavy (non-hydrogen) atoms. The van der Waals surface area contributed by atoms with Crippen LogP contribution in [0.1, 0.15) is 11.5 Å². The van der Waals surface area contributed by atoms with Gasteiger partial charge in [0, 0.05) is 16.6 Å². The summed E-state index contributed by atoms with van der Waals surface area (Å²) in [5.41, 5.74) is 2.51. The van der Waals surface area contributed by atoms with Gasteiger partial charge in [-0.25, -0.2) is 0 Å². The van der Waals surface area contributed by atoms with Crippen LogP contribution in [0.4, 0.5) is 5.69 Å². The molecular formula is C16H12ClN. The van der Waals surface area contributed by atoms with Gasteiger partial charge in [-0.1, -0.05) is 60.1 Å². The predicted molar refractivity (Wildman–Crippen MR) is 76.0 cm³/mol. The lowest BCUT2D eigenvalue weighted by Crippen LogP contribution is -2.36. The van der Waals surface area contributed by atoms with Gasteiger partial charge in [-0.15, -0.1) is 0 Å². The number of hydrogen-bond donors (Lipinski definition) is 1. The van der Waals surface area contributed by atoms with Crippen molar-refractivity contribution in [3.63, 3.8) is 0 Å². The lowest BCUT2D eigenvalue weighted by molar-refractivity contribution is 0.862. The van der Waals surface area contributed by atoms with Gasteiger partial charge in [-0.3, -0.25) is 0 Å². The second-order valence-corrected chi connectivity index (χ2v) is 5.24. The van der Waals surface area contributed by atoms with Crippen molar-refractivity contribution in [3.8, 4) is 0 Å². The van der Waals surface area contributed by atoms with Gasteiger partial charge in [0.15, 0.2) is 0 Å². The van der Waals surface area contributed by atoms with Crippen molar-refractivity contribution in [1.82, 2.24) is 0 Å². The summed E-state index contributed by atoms with van der Waals surface area (Å²) in [6, 6.07) is 17.0. The largest absolute Gasteiger partial charge is 0.378 e. The molecule has 2 aliphatic rings. The Morgan fingerprint density at radius 1 is 0.944 bits per heavy atom. The van der Waals surface area contributed by atoms with Crippen LogP contribution in [0.25, 0.3) is 11.1 Å². The summed E-state index contributed by atoms with van der Waals surface area (Å²) in [6.45, 7) is 0. The number of rotatable bonds is 0. The fourth-order valence-electron chi connectivity index (χ4n) is 3.01. The Kier molecular flexibility index (Phi) is 2.06. The smallest absolute Gasteiger partial charge is 0.0572 e. The normalized spacial score (nSPS) is 23.5. The molecule has 2 aromatic carbocycles. The minimum Gasteiger partial charge on any atom is -0.378 e. The number of nitrogens with one attached hydrogen (secondary N) is 1. The van der Waals surface area contributed by atoms with Crippen LogP contribution in [0, 0.1) is 0 Å². The number of benzene rings is 2. The van der Waals surface area contributed by atoms with E-state index in [0.29, 0.717) is 0 Å². The summed E-state index contributed by atoms with van der Waals surface area (Å²) in [6.07, 6.45) is 2.28. The molecule has 0 radical (unpaired) electrons. The SMILES string of the molecule is ClC1=c2ccccc2=CC2Nc3ccccc3C12. The van der Waals surface area contributed by atoms with Crippen LogP contribution in [0.15, 0.2) is 48.5 Å². The van der Waals surface area contributed by atoms with Crippen LogP contribution in [-0.2, 0) is 0 Å². The standard InChI is InChI=1S/C16H12ClN/c17-16-11-6-2-1-5-10(11)9-14-15(16)12-7-3-4-8-13(12)18-14/h1-9,14-15,18H. The molecule has 88 valence electrons. The Hall–Kier alpha value is -1.73. The van der Waals surface area contributed by atoms with E-state index in [1.54, 1.807) is 0 Å². The zero-order valence-electron chi connectivity index (χ0n) is 9.73. The summed E-state index contributed by atoms with van der Waals surface area (Å²) in [5, 5.41) is 6.89. The van der Waals surface area contributed by atoms with Crippen molar-refractivity contribution in [2.45, 2.75) is 12.0 Å². The number of anilines is 1. The topological polar surface area (TPSA) is 12.0 Å². The molecule has 0 bridgehead atoms. The molecule has 1 nitrogen and oxygen atoms in total. The van der Waals surface area contributed by atoms with Crippen molar-refractivity contribution in [1.29, 1.82) is 0 Å². The molecule has 1 aliphatic heterocycles. The first-order valence-corrected chi connectivity index (χ1v) is 6.54. The number of hydrogen-bond acceptors (Lipinski definition) is 1. The summed E-state index contributed by atoms with van der Waals surface area (Å²) in [4.78, 5) is 0. The Balaban J connectivity index is 2.03. The lowest BCUT2D eigenvalue weighted by Gasteiger charge is -2.20. The van der Waals surface area contributed by atoms with E-state index in [2.05, 4.69) is 53.9 Å². The molecule has 2 heteroatoms. The Morgan fingerprint density at radius 2 is 1.72 bits per heavy atom. The van der Waals surface area contributed by atoms with Crippen LogP contribution in [0.5, 0.6) is 0 Å². The molecule has 0 fully saturated rings. The van der Waals surface area contributed by atoms with E-state index in [9.17, 15) is 0 Å². The predicted octanol–water partition coefficient (Wildman–Crippen LogP) is 2.41. The van der Waals surface area contributed by atoms with Crippen molar-refractivity contribution >= 4 is 28.4 Å². The first-order valence-electron chi connectivity index (χ1n) is 6.17. The third kappa shape index (κ3) is 1.28. The lowest BCUT2D eigenvalue weighted by atomic mass is 9.89. The maximum absolute atomic E-state index is 6.63. The zero-order chi connectivity index (χ0) is 12.1. The molecule has 2 aromatic rings. The summed E-state index contributed by atoms with van der Waals surface area (Å²) in [7, 11) is 0. The van der Waals surface area contributed by atoms with Crippen molar-refractivity contribution in [3.05, 3.63) is 64.5 Å². The van der Waals surface area contributed by atoms with Gasteiger partial charge in [0.25, 0.3) is 0 Å². The maximum atomic E-state index is 6.63. The van der Waals surface area contributed by atoms with Crippen LogP contribution < -0.4 is 15.8 Å². The summed E-state index contributed by atoms with van der Waals surface area (Å²) >= 11 is 6.63. The molecule has 0 amide bonds. The fourth-order valence-corrected chi connectivity index (χ4v) is 3.43. The van der Waals surface area contributed by atoms with Crippen molar-refractivity contribution in [2.75, 3.05) is 5.32 Å². The van der Waals surface area contributed by atoms with Crippen molar-refractivity contribution in [2.24, 2.45) is 0 Å². The van der Waals surface area contributed by atoms with Gasteiger partial charge < -0.3 is 5.32 Å². The number of para-hydroxylation sites is 1. The minimum atomic E-state index is 0.262. The highest BCUT2D eigenvalue weighted by molar-refractivity contribution is 6.46. The molecule has 4 rings (SSSR count). The Morgan fingerprint density at radius 3 is 2.67 bits per heavy atom. The van der Waals surface area contributed by atoms with Gasteiger partial charge in [-0.2, -0.15) is 0 Å². The maximum Gasteiger partial charge on any atom is 0.0572 e. The average molecular weight is 254 g/mol. The van der Waals surface area contributed by atoms with E-state index in [4.69, 9.17) is 11.6 Å². The molecular weight excluding hydrogens is 242 g/mol. The summed E-state index contributed by atoms with van der Waals surface area (Å²) in [5.74, 6) is 0.262. The van der Waals surface area contributed by atoms with Crippen LogP contribution in [0.3, 0.4) is 0 Å². The molecule has 0 saturated heterocycles. The molecule has 1 N–H and O–H groups in total. The quantitative estimate of drug-likeness (QED) is 0.760. The van der Waals surface area contributed by atoms with E-state index in [0.717, 1.165) is 5.03 Å². The highest BCUT2D eigenvalue weighted by atomic mass is 35.5. The molecule has 1 heterocycles. The zero-order valence-corrected chi connectivity index (χ0v) is 10.5. The van der Waals surface area contributed by atoms with E-state index in [1.807, 2.05) is 6.07 Å². The second-order valence-electron chi connectivity index (χ2n) is 4.84. The second kappa shape index (κ2) is 3.63. The molecule has 0 spiro atoms. The monoisotopic (exact) mass is 253 g/mol. The van der Waals surface area contributed by atoms with E-state index >= 15 is 0 Å². The van der Waals surface area contributed by atoms with Gasteiger partial charge in [0.1, 0.15) is 0 Å². The molecule has 0 saturated carbocycles. The van der Waals surface area contributed by atoms with Gasteiger partial charge >= 0.3 is 0 Å². The highest BCUT2D eigenvalue weighted by Crippen LogP contribution is 2.43. The molecule has 2 unspecified atom stereocenters. The average Bonchev–Trinajstić information content (AvgIpc) is 2.77. The van der Waals surface area contributed by atoms with Crippen LogP contribution in [-0.4, -0.2) is 6.04 Å². The van der Waals surface area contributed by atoms with Gasteiger partial charge in [-0.05, 0) is 22.1 Å². The first kappa shape index (κ1) is 10.2.